The number of piperidine rings is 1. The quantitative estimate of drug-likeness (QED) is 0.793. The Hall–Kier alpha value is -2.00. The molecule has 2 N–H and O–H groups in total. The van der Waals surface area contributed by atoms with Crippen LogP contribution in [0.15, 0.2) is 18.3 Å². The van der Waals surface area contributed by atoms with Crippen molar-refractivity contribution >= 4 is 21.9 Å². The van der Waals surface area contributed by atoms with Gasteiger partial charge in [-0.2, -0.15) is 0 Å². The summed E-state index contributed by atoms with van der Waals surface area (Å²) in [7, 11) is -3.50. The van der Waals surface area contributed by atoms with Gasteiger partial charge in [0.2, 0.25) is 10.0 Å². The Morgan fingerprint density at radius 1 is 1.19 bits per heavy atom. The Balaban J connectivity index is 1.70. The lowest BCUT2D eigenvalue weighted by Gasteiger charge is -2.33. The molecule has 8 nitrogen and oxygen atoms in total. The maximum Gasteiger partial charge on any atom is 0.335 e. The number of likely N-dealkylation sites (tertiary alicyclic amines) is 1. The highest BCUT2D eigenvalue weighted by molar-refractivity contribution is 7.90. The molecule has 1 aliphatic carbocycles. The number of amides is 1. The molecule has 1 aromatic heterocycles. The van der Waals surface area contributed by atoms with Gasteiger partial charge in [0.25, 0.3) is 5.91 Å². The van der Waals surface area contributed by atoms with Crippen LogP contribution in [-0.4, -0.2) is 59.7 Å². The predicted molar refractivity (Wildman–Crippen MR) is 94.4 cm³/mol. The lowest BCUT2D eigenvalue weighted by molar-refractivity contribution is 0.0696. The van der Waals surface area contributed by atoms with Crippen LogP contribution in [0.2, 0.25) is 0 Å². The van der Waals surface area contributed by atoms with Crippen LogP contribution in [0.25, 0.3) is 0 Å². The van der Waals surface area contributed by atoms with E-state index in [1.807, 2.05) is 0 Å². The first-order valence-electron chi connectivity index (χ1n) is 8.86. The number of nitrogens with one attached hydrogen (secondary N) is 1. The number of rotatable bonds is 5. The molecule has 2 fully saturated rings. The van der Waals surface area contributed by atoms with E-state index in [9.17, 15) is 18.0 Å². The third-order valence-electron chi connectivity index (χ3n) is 5.02. The number of sulfonamides is 1. The van der Waals surface area contributed by atoms with E-state index < -0.39 is 27.1 Å². The molecule has 1 saturated heterocycles. The van der Waals surface area contributed by atoms with Crippen molar-refractivity contribution < 1.29 is 23.1 Å². The number of hydrogen-bond acceptors (Lipinski definition) is 5. The number of carbonyl (C=O) groups is 2. The van der Waals surface area contributed by atoms with E-state index in [1.165, 1.54) is 23.2 Å². The van der Waals surface area contributed by atoms with E-state index in [0.717, 1.165) is 25.7 Å². The summed E-state index contributed by atoms with van der Waals surface area (Å²) in [5, 5.41) is 8.40. The molecule has 142 valence electrons. The third kappa shape index (κ3) is 4.21. The van der Waals surface area contributed by atoms with Crippen LogP contribution < -0.4 is 4.72 Å². The summed E-state index contributed by atoms with van der Waals surface area (Å²) >= 11 is 0. The molecule has 3 rings (SSSR count). The van der Waals surface area contributed by atoms with Gasteiger partial charge in [0, 0.05) is 25.3 Å². The molecule has 1 atom stereocenters. The molecule has 0 aromatic carbocycles. The van der Waals surface area contributed by atoms with Crippen molar-refractivity contribution in [2.75, 3.05) is 13.1 Å². The standard InChI is InChI=1S/C17H23N3O5S/c21-16(15-10-12(17(22)23)7-8-18-15)20-9-3-6-14(11-20)26(24,25)19-13-4-1-2-5-13/h7-8,10,13-14,19H,1-6,9,11H2,(H,22,23). The Bertz CT molecular complexity index is 789. The van der Waals surface area contributed by atoms with E-state index in [-0.39, 0.29) is 23.8 Å². The van der Waals surface area contributed by atoms with Gasteiger partial charge < -0.3 is 10.0 Å². The van der Waals surface area contributed by atoms with Crippen molar-refractivity contribution in [2.45, 2.75) is 49.8 Å². The van der Waals surface area contributed by atoms with Gasteiger partial charge in [0.15, 0.2) is 0 Å². The van der Waals surface area contributed by atoms with Crippen LogP contribution in [0.4, 0.5) is 0 Å². The van der Waals surface area contributed by atoms with Gasteiger partial charge in [0.1, 0.15) is 5.69 Å². The van der Waals surface area contributed by atoms with E-state index in [4.69, 9.17) is 5.11 Å². The first-order valence-corrected chi connectivity index (χ1v) is 10.4. The number of carbonyl (C=O) groups excluding carboxylic acids is 1. The topological polar surface area (TPSA) is 117 Å². The lowest BCUT2D eigenvalue weighted by Crippen LogP contribution is -2.50. The summed E-state index contributed by atoms with van der Waals surface area (Å²) in [5.74, 6) is -1.57. The van der Waals surface area contributed by atoms with E-state index in [2.05, 4.69) is 9.71 Å². The minimum Gasteiger partial charge on any atom is -0.478 e. The molecule has 1 amide bonds. The SMILES string of the molecule is O=C(O)c1ccnc(C(=O)N2CCCC(S(=O)(=O)NC3CCCC3)C2)c1. The Morgan fingerprint density at radius 3 is 2.62 bits per heavy atom. The summed E-state index contributed by atoms with van der Waals surface area (Å²) in [6.07, 6.45) is 6.16. The maximum absolute atomic E-state index is 12.6. The van der Waals surface area contributed by atoms with E-state index in [0.29, 0.717) is 19.4 Å². The molecule has 0 spiro atoms. The first kappa shape index (κ1) is 18.8. The summed E-state index contributed by atoms with van der Waals surface area (Å²) in [5.41, 5.74) is -0.000805. The number of carboxylic acids is 1. The fraction of sp³-hybridized carbons (Fsp3) is 0.588. The molecule has 26 heavy (non-hydrogen) atoms. The van der Waals surface area contributed by atoms with E-state index in [1.54, 1.807) is 0 Å². The maximum atomic E-state index is 12.6. The summed E-state index contributed by atoms with van der Waals surface area (Å²) < 4.78 is 28.1. The first-order chi connectivity index (χ1) is 12.4. The number of carboxylic acid groups (broad SMARTS) is 1. The average Bonchev–Trinajstić information content (AvgIpc) is 3.13. The number of aromatic nitrogens is 1. The molecule has 9 heteroatoms. The van der Waals surface area contributed by atoms with Gasteiger partial charge in [-0.3, -0.25) is 9.78 Å². The fourth-order valence-corrected chi connectivity index (χ4v) is 5.34. The molecule has 1 unspecified atom stereocenters. The van der Waals surface area contributed by atoms with Gasteiger partial charge in [-0.1, -0.05) is 12.8 Å². The highest BCUT2D eigenvalue weighted by Crippen LogP contribution is 2.23. The second-order valence-electron chi connectivity index (χ2n) is 6.89. The highest BCUT2D eigenvalue weighted by atomic mass is 32.2. The van der Waals surface area contributed by atoms with Gasteiger partial charge in [-0.25, -0.2) is 17.9 Å². The van der Waals surface area contributed by atoms with Crippen molar-refractivity contribution in [3.8, 4) is 0 Å². The summed E-state index contributed by atoms with van der Waals surface area (Å²) in [4.78, 5) is 29.1. The van der Waals surface area contributed by atoms with E-state index >= 15 is 0 Å². The number of pyridine rings is 1. The van der Waals surface area contributed by atoms with Crippen LogP contribution in [-0.2, 0) is 10.0 Å². The van der Waals surface area contributed by atoms with Crippen molar-refractivity contribution in [1.29, 1.82) is 0 Å². The van der Waals surface area contributed by atoms with Crippen LogP contribution in [0.3, 0.4) is 0 Å². The lowest BCUT2D eigenvalue weighted by atomic mass is 10.1. The minimum atomic E-state index is -3.50. The van der Waals surface area contributed by atoms with Crippen molar-refractivity contribution in [2.24, 2.45) is 0 Å². The molecular weight excluding hydrogens is 358 g/mol. The second-order valence-corrected chi connectivity index (χ2v) is 8.89. The molecule has 1 aliphatic heterocycles. The van der Waals surface area contributed by atoms with Crippen molar-refractivity contribution in [3.63, 3.8) is 0 Å². The number of aromatic carboxylic acids is 1. The van der Waals surface area contributed by atoms with Crippen molar-refractivity contribution in [3.05, 3.63) is 29.6 Å². The summed E-state index contributed by atoms with van der Waals surface area (Å²) in [6.45, 7) is 0.535. The fourth-order valence-electron chi connectivity index (χ4n) is 3.59. The number of nitrogens with zero attached hydrogens (tertiary/aromatic N) is 2. The molecule has 2 aliphatic rings. The average molecular weight is 381 g/mol. The number of hydrogen-bond donors (Lipinski definition) is 2. The zero-order valence-electron chi connectivity index (χ0n) is 14.4. The Labute approximate surface area is 152 Å². The molecule has 1 saturated carbocycles. The van der Waals surface area contributed by atoms with Crippen LogP contribution in [0.1, 0.15) is 59.4 Å². The largest absolute Gasteiger partial charge is 0.478 e. The normalized spacial score (nSPS) is 21.7. The zero-order valence-corrected chi connectivity index (χ0v) is 15.2. The third-order valence-corrected chi connectivity index (χ3v) is 6.94. The molecule has 0 radical (unpaired) electrons. The van der Waals surface area contributed by atoms with Gasteiger partial charge in [-0.15, -0.1) is 0 Å². The summed E-state index contributed by atoms with van der Waals surface area (Å²) in [6, 6.07) is 2.54. The van der Waals surface area contributed by atoms with Crippen LogP contribution in [0, 0.1) is 0 Å². The Kier molecular flexibility index (Phi) is 5.57. The van der Waals surface area contributed by atoms with Gasteiger partial charge in [-0.05, 0) is 37.8 Å². The monoisotopic (exact) mass is 381 g/mol. The minimum absolute atomic E-state index is 0.00000661. The zero-order chi connectivity index (χ0) is 18.7. The Morgan fingerprint density at radius 2 is 1.92 bits per heavy atom. The van der Waals surface area contributed by atoms with Gasteiger partial charge >= 0.3 is 5.97 Å². The van der Waals surface area contributed by atoms with Crippen molar-refractivity contribution in [1.82, 2.24) is 14.6 Å². The molecular formula is C17H23N3O5S. The van der Waals surface area contributed by atoms with Crippen LogP contribution in [0.5, 0.6) is 0 Å². The highest BCUT2D eigenvalue weighted by Gasteiger charge is 2.35. The van der Waals surface area contributed by atoms with Crippen LogP contribution >= 0.6 is 0 Å². The second kappa shape index (κ2) is 7.71. The molecule has 1 aromatic rings. The molecule has 2 heterocycles. The smallest absolute Gasteiger partial charge is 0.335 e. The predicted octanol–water partition coefficient (Wildman–Crippen LogP) is 1.25. The van der Waals surface area contributed by atoms with Gasteiger partial charge in [0.05, 0.1) is 10.8 Å². The molecule has 0 bridgehead atoms.